The molecule has 2 aromatic carbocycles. The van der Waals surface area contributed by atoms with E-state index in [0.29, 0.717) is 51.2 Å². The van der Waals surface area contributed by atoms with Gasteiger partial charge in [0.25, 0.3) is 0 Å². The van der Waals surface area contributed by atoms with Gasteiger partial charge in [-0.25, -0.2) is 19.7 Å². The minimum absolute atomic E-state index is 0.0373. The third kappa shape index (κ3) is 4.99. The molecule has 1 saturated heterocycles. The van der Waals surface area contributed by atoms with Crippen LogP contribution >= 0.6 is 23.2 Å². The molecule has 1 amide bonds. The average Bonchev–Trinajstić information content (AvgIpc) is 3.49. The van der Waals surface area contributed by atoms with Crippen LogP contribution in [0.3, 0.4) is 0 Å². The highest BCUT2D eigenvalue weighted by atomic mass is 35.5. The molecule has 0 radical (unpaired) electrons. The van der Waals surface area contributed by atoms with Crippen molar-refractivity contribution in [3.8, 4) is 0 Å². The molecule has 0 saturated carbocycles. The van der Waals surface area contributed by atoms with Gasteiger partial charge in [0, 0.05) is 23.9 Å². The number of hydrogen-bond acceptors (Lipinski definition) is 7. The van der Waals surface area contributed by atoms with Crippen LogP contribution in [0.15, 0.2) is 36.7 Å². The van der Waals surface area contributed by atoms with Gasteiger partial charge in [-0.15, -0.1) is 0 Å². The quantitative estimate of drug-likeness (QED) is 0.272. The van der Waals surface area contributed by atoms with Crippen molar-refractivity contribution in [3.05, 3.63) is 58.1 Å². The van der Waals surface area contributed by atoms with Crippen molar-refractivity contribution in [2.75, 3.05) is 24.2 Å². The Morgan fingerprint density at radius 3 is 2.83 bits per heavy atom. The van der Waals surface area contributed by atoms with E-state index in [1.165, 1.54) is 13.3 Å². The minimum atomic E-state index is -0.609. The van der Waals surface area contributed by atoms with Crippen LogP contribution in [0.2, 0.25) is 10.0 Å². The second-order valence-corrected chi connectivity index (χ2v) is 11.6. The highest BCUT2D eigenvalue weighted by Crippen LogP contribution is 2.31. The molecule has 5 rings (SSSR count). The molecule has 186 valence electrons. The van der Waals surface area contributed by atoms with Crippen LogP contribution in [0.4, 0.5) is 5.82 Å². The van der Waals surface area contributed by atoms with E-state index in [9.17, 15) is 9.59 Å². The van der Waals surface area contributed by atoms with Crippen molar-refractivity contribution in [2.24, 2.45) is 0 Å². The first-order chi connectivity index (χ1) is 17.3. The van der Waals surface area contributed by atoms with Gasteiger partial charge in [-0.1, -0.05) is 23.2 Å². The average molecular weight is 545 g/mol. The zero-order valence-corrected chi connectivity index (χ0v) is 21.9. The van der Waals surface area contributed by atoms with Gasteiger partial charge in [0.1, 0.15) is 23.7 Å². The maximum absolute atomic E-state index is 13.4. The van der Waals surface area contributed by atoms with Gasteiger partial charge in [0.2, 0.25) is 5.91 Å². The second kappa shape index (κ2) is 10.2. The summed E-state index contributed by atoms with van der Waals surface area (Å²) in [6.45, 7) is 4.55. The van der Waals surface area contributed by atoms with Crippen LogP contribution in [-0.4, -0.2) is 55.2 Å². The Bertz CT molecular complexity index is 1480. The molecule has 3 atom stereocenters. The molecule has 1 fully saturated rings. The number of halogens is 2. The Balaban J connectivity index is 1.40. The number of hydrogen-bond donors (Lipinski definition) is 4. The molecule has 9 nitrogen and oxygen atoms in total. The highest BCUT2D eigenvalue weighted by Gasteiger charge is 2.44. The zero-order valence-electron chi connectivity index (χ0n) is 19.6. The molecule has 12 heteroatoms. The lowest BCUT2D eigenvalue weighted by molar-refractivity contribution is -0.118. The summed E-state index contributed by atoms with van der Waals surface area (Å²) in [5.74, 6) is 1.90. The molecule has 2 unspecified atom stereocenters. The standard InChI is InChI=1S/C24H23Cl2N7O2S/c1-12(22-32-18-4-3-14(25)7-20(18)33-22)31-23-16-8-17(26)15(9-19(16)29-11-30-23)24(35)36-6-5-27-21(36)10-28-13(2)34/h3-4,7-9,11-12,21,27H,5-6,10H2,1-2H3,(H2-,28,29,30,31,32,33,34)/p+1/t12-,21?,36?/m0/s1. The first kappa shape index (κ1) is 24.8. The zero-order chi connectivity index (χ0) is 25.4. The third-order valence-corrected chi connectivity index (χ3v) is 8.89. The Hall–Kier alpha value is -2.92. The maximum atomic E-state index is 13.4. The summed E-state index contributed by atoms with van der Waals surface area (Å²) in [5, 5.41) is 11.0. The Morgan fingerprint density at radius 1 is 1.19 bits per heavy atom. The number of imidazole rings is 1. The smallest absolute Gasteiger partial charge is 0.360 e. The van der Waals surface area contributed by atoms with Crippen molar-refractivity contribution in [1.82, 2.24) is 30.6 Å². The predicted octanol–water partition coefficient (Wildman–Crippen LogP) is 3.81. The molecule has 36 heavy (non-hydrogen) atoms. The molecular formula is C24H24Cl2N7O2S+. The highest BCUT2D eigenvalue weighted by molar-refractivity contribution is 8.12. The summed E-state index contributed by atoms with van der Waals surface area (Å²) in [5.41, 5.74) is 2.71. The van der Waals surface area contributed by atoms with Crippen molar-refractivity contribution in [1.29, 1.82) is 0 Å². The van der Waals surface area contributed by atoms with E-state index in [4.69, 9.17) is 23.2 Å². The number of nitrogens with zero attached hydrogens (tertiary/aromatic N) is 3. The number of fused-ring (bicyclic) bond motifs is 2. The second-order valence-electron chi connectivity index (χ2n) is 8.52. The van der Waals surface area contributed by atoms with Gasteiger partial charge in [0.15, 0.2) is 5.37 Å². The molecule has 4 N–H and O–H groups in total. The monoisotopic (exact) mass is 544 g/mol. The van der Waals surface area contributed by atoms with Gasteiger partial charge in [0.05, 0.1) is 50.6 Å². The minimum Gasteiger partial charge on any atom is -0.360 e. The molecule has 3 heterocycles. The molecule has 1 aliphatic rings. The molecule has 0 bridgehead atoms. The predicted molar refractivity (Wildman–Crippen MR) is 145 cm³/mol. The largest absolute Gasteiger partial charge is 0.365 e. The Morgan fingerprint density at radius 2 is 2.03 bits per heavy atom. The topological polar surface area (TPSA) is 125 Å². The van der Waals surface area contributed by atoms with Gasteiger partial charge < -0.3 is 15.6 Å². The maximum Gasteiger partial charge on any atom is 0.365 e. The molecular weight excluding hydrogens is 521 g/mol. The first-order valence-electron chi connectivity index (χ1n) is 11.4. The SMILES string of the molecule is CC(=O)NCC1NCC[S+]1C(=O)c1cc2ncnc(N[C@@H](C)c3nc4ccc(Cl)cc4[nH]3)c2cc1Cl. The third-order valence-electron chi connectivity index (χ3n) is 5.98. The van der Waals surface area contributed by atoms with Crippen LogP contribution < -0.4 is 16.0 Å². The summed E-state index contributed by atoms with van der Waals surface area (Å²) in [7, 11) is -0.609. The summed E-state index contributed by atoms with van der Waals surface area (Å²) in [6.07, 6.45) is 1.46. The fourth-order valence-electron chi connectivity index (χ4n) is 4.17. The van der Waals surface area contributed by atoms with Gasteiger partial charge >= 0.3 is 5.12 Å². The lowest BCUT2D eigenvalue weighted by Crippen LogP contribution is -2.42. The number of carbonyl (C=O) groups is 2. The summed E-state index contributed by atoms with van der Waals surface area (Å²) >= 11 is 12.7. The van der Waals surface area contributed by atoms with Gasteiger partial charge in [-0.05, 0) is 37.3 Å². The van der Waals surface area contributed by atoms with Crippen molar-refractivity contribution in [2.45, 2.75) is 25.3 Å². The number of H-pyrrole nitrogens is 1. The van der Waals surface area contributed by atoms with E-state index in [1.54, 1.807) is 18.2 Å². The van der Waals surface area contributed by atoms with E-state index in [-0.39, 0.29) is 22.4 Å². The van der Waals surface area contributed by atoms with E-state index >= 15 is 0 Å². The molecule has 0 aliphatic carbocycles. The van der Waals surface area contributed by atoms with Crippen molar-refractivity contribution < 1.29 is 9.59 Å². The van der Waals surface area contributed by atoms with Crippen LogP contribution in [-0.2, 0) is 15.7 Å². The number of benzene rings is 2. The van der Waals surface area contributed by atoms with Gasteiger partial charge in [-0.3, -0.25) is 10.1 Å². The normalized spacial score (nSPS) is 18.4. The lowest BCUT2D eigenvalue weighted by atomic mass is 10.1. The summed E-state index contributed by atoms with van der Waals surface area (Å²) < 4.78 is 0. The van der Waals surface area contributed by atoms with Crippen LogP contribution in [0.25, 0.3) is 21.9 Å². The molecule has 2 aromatic heterocycles. The number of nitrogens with one attached hydrogen (secondary N) is 4. The van der Waals surface area contributed by atoms with Crippen molar-refractivity contribution >= 4 is 72.9 Å². The van der Waals surface area contributed by atoms with Crippen LogP contribution in [0.5, 0.6) is 0 Å². The fourth-order valence-corrected chi connectivity index (χ4v) is 6.77. The summed E-state index contributed by atoms with van der Waals surface area (Å²) in [4.78, 5) is 41.5. The van der Waals surface area contributed by atoms with Crippen molar-refractivity contribution in [3.63, 3.8) is 0 Å². The fraction of sp³-hybridized carbons (Fsp3) is 0.292. The van der Waals surface area contributed by atoms with E-state index in [2.05, 4.69) is 35.9 Å². The number of carbonyl (C=O) groups excluding carboxylic acids is 2. The lowest BCUT2D eigenvalue weighted by Gasteiger charge is -2.15. The summed E-state index contributed by atoms with van der Waals surface area (Å²) in [6, 6.07) is 8.75. The Labute approximate surface area is 220 Å². The Kier molecular flexibility index (Phi) is 7.03. The molecule has 4 aromatic rings. The number of rotatable bonds is 6. The van der Waals surface area contributed by atoms with Crippen LogP contribution in [0.1, 0.15) is 36.1 Å². The molecule has 0 spiro atoms. The van der Waals surface area contributed by atoms with E-state index < -0.39 is 10.9 Å². The number of aromatic amines is 1. The number of aromatic nitrogens is 4. The van der Waals surface area contributed by atoms with E-state index in [0.717, 1.165) is 16.9 Å². The van der Waals surface area contributed by atoms with Gasteiger partial charge in [-0.2, -0.15) is 0 Å². The van der Waals surface area contributed by atoms with E-state index in [1.807, 2.05) is 19.1 Å². The number of amides is 1. The number of anilines is 1. The van der Waals surface area contributed by atoms with Crippen LogP contribution in [0, 0.1) is 0 Å². The molecule has 1 aliphatic heterocycles. The first-order valence-corrected chi connectivity index (χ1v) is 13.6.